The summed E-state index contributed by atoms with van der Waals surface area (Å²) in [5.41, 5.74) is 2.95. The summed E-state index contributed by atoms with van der Waals surface area (Å²) in [5.74, 6) is 0. The fourth-order valence-electron chi connectivity index (χ4n) is 2.70. The molecule has 1 aromatic carbocycles. The van der Waals surface area contributed by atoms with Crippen LogP contribution in [0.5, 0.6) is 0 Å². The minimum Gasteiger partial charge on any atom is -0.0644 e. The summed E-state index contributed by atoms with van der Waals surface area (Å²) in [7, 11) is -1.82. The molecule has 0 spiro atoms. The molecule has 0 saturated heterocycles. The number of hydrogen-bond acceptors (Lipinski definition) is 0. The molecule has 10 radical (unpaired) electrons. The molecule has 0 bridgehead atoms. The molecule has 3 rings (SSSR count). The van der Waals surface area contributed by atoms with Crippen LogP contribution in [0.1, 0.15) is 0 Å². The van der Waals surface area contributed by atoms with E-state index in [1.54, 1.807) is 0 Å². The van der Waals surface area contributed by atoms with Gasteiger partial charge in [-0.2, -0.15) is 0 Å². The molecule has 2 saturated carbocycles. The van der Waals surface area contributed by atoms with Gasteiger partial charge in [-0.25, -0.2) is 0 Å². The minimum atomic E-state index is -1.82. The molecule has 3 heteroatoms. The Bertz CT molecular complexity index is 403. The van der Waals surface area contributed by atoms with Crippen molar-refractivity contribution in [3.05, 3.63) is 91.2 Å². The van der Waals surface area contributed by atoms with Crippen LogP contribution in [0.15, 0.2) is 28.7 Å². The van der Waals surface area contributed by atoms with Crippen LogP contribution in [0.3, 0.4) is 0 Å². The van der Waals surface area contributed by atoms with E-state index in [2.05, 4.69) is 98.1 Å². The molecule has 2 aliphatic rings. The van der Waals surface area contributed by atoms with Crippen molar-refractivity contribution in [2.75, 3.05) is 0 Å². The van der Waals surface area contributed by atoms with E-state index in [0.717, 1.165) is 4.47 Å². The van der Waals surface area contributed by atoms with Crippen molar-refractivity contribution in [2.24, 2.45) is 0 Å². The first-order chi connectivity index (χ1) is 9.21. The summed E-state index contributed by atoms with van der Waals surface area (Å²) >= 11 is 3.53. The van der Waals surface area contributed by atoms with E-state index in [1.807, 2.05) is 0 Å². The van der Waals surface area contributed by atoms with Gasteiger partial charge in [-0.05, 0) is 74.6 Å². The first-order valence-corrected chi connectivity index (χ1v) is 9.71. The Morgan fingerprint density at radius 1 is 0.750 bits per heavy atom. The Morgan fingerprint density at radius 3 is 1.55 bits per heavy atom. The van der Waals surface area contributed by atoms with E-state index >= 15 is 0 Å². The fraction of sp³-hybridized carbons (Fsp3) is 0.0588. The normalized spacial score (nSPS) is 21.1. The molecule has 0 nitrogen and oxygen atoms in total. The van der Waals surface area contributed by atoms with E-state index in [-0.39, 0.29) is 17.1 Å². The summed E-state index contributed by atoms with van der Waals surface area (Å²) in [5, 5.41) is 1.45. The molecular formula is C17H15BrFeSi+2. The third-order valence-corrected chi connectivity index (χ3v) is 8.89. The van der Waals surface area contributed by atoms with Gasteiger partial charge in [0.15, 0.2) is 0 Å². The topological polar surface area (TPSA) is 0 Å². The van der Waals surface area contributed by atoms with Crippen LogP contribution in [-0.2, 0) is 17.1 Å². The third kappa shape index (κ3) is 3.11. The molecule has 2 fully saturated rings. The molecular weight excluding hydrogens is 368 g/mol. The maximum atomic E-state index is 3.53. The zero-order valence-electron chi connectivity index (χ0n) is 11.2. The van der Waals surface area contributed by atoms with Crippen LogP contribution in [0.4, 0.5) is 0 Å². The maximum Gasteiger partial charge on any atom is 2.00 e. The number of benzene rings is 1. The molecule has 100 valence electrons. The molecule has 0 aromatic heterocycles. The van der Waals surface area contributed by atoms with E-state index in [4.69, 9.17) is 0 Å². The second-order valence-corrected chi connectivity index (χ2v) is 9.88. The number of hydrogen-bond donors (Lipinski definition) is 0. The average Bonchev–Trinajstić information content (AvgIpc) is 3.12. The smallest absolute Gasteiger partial charge is 0.0644 e. The second kappa shape index (κ2) is 7.13. The number of rotatable bonds is 3. The van der Waals surface area contributed by atoms with Gasteiger partial charge in [0.25, 0.3) is 0 Å². The quantitative estimate of drug-likeness (QED) is 0.700. The van der Waals surface area contributed by atoms with E-state index in [9.17, 15) is 0 Å². The van der Waals surface area contributed by atoms with Gasteiger partial charge in [0, 0.05) is 4.47 Å². The minimum absolute atomic E-state index is 0. The molecule has 0 aliphatic heterocycles. The Morgan fingerprint density at radius 2 is 1.15 bits per heavy atom. The molecule has 2 aliphatic carbocycles. The van der Waals surface area contributed by atoms with Crippen LogP contribution in [-0.4, -0.2) is 8.07 Å². The van der Waals surface area contributed by atoms with Crippen LogP contribution >= 0.6 is 15.9 Å². The van der Waals surface area contributed by atoms with Crippen molar-refractivity contribution in [2.45, 2.75) is 6.55 Å². The summed E-state index contributed by atoms with van der Waals surface area (Å²) in [6, 6.07) is 8.81. The number of halogens is 1. The van der Waals surface area contributed by atoms with Gasteiger partial charge in [-0.15, -0.1) is 0 Å². The molecule has 0 amide bonds. The average molecular weight is 383 g/mol. The zero-order chi connectivity index (χ0) is 13.3. The van der Waals surface area contributed by atoms with Crippen LogP contribution in [0.2, 0.25) is 6.55 Å². The zero-order valence-corrected chi connectivity index (χ0v) is 14.8. The predicted octanol–water partition coefficient (Wildman–Crippen LogP) is 3.62. The predicted molar refractivity (Wildman–Crippen MR) is 86.3 cm³/mol. The first-order valence-electron chi connectivity index (χ1n) is 6.42. The van der Waals surface area contributed by atoms with Gasteiger partial charge >= 0.3 is 17.1 Å². The van der Waals surface area contributed by atoms with Crippen molar-refractivity contribution in [3.8, 4) is 0 Å². The van der Waals surface area contributed by atoms with Crippen LogP contribution in [0, 0.1) is 62.4 Å². The second-order valence-electron chi connectivity index (χ2n) is 4.98. The largest absolute Gasteiger partial charge is 2.00 e. The van der Waals surface area contributed by atoms with Crippen molar-refractivity contribution < 1.29 is 17.1 Å². The summed E-state index contributed by atoms with van der Waals surface area (Å²) in [6.07, 6.45) is 17.6. The van der Waals surface area contributed by atoms with E-state index < -0.39 is 8.07 Å². The van der Waals surface area contributed by atoms with Crippen molar-refractivity contribution in [3.63, 3.8) is 0 Å². The molecule has 1 aromatic rings. The summed E-state index contributed by atoms with van der Waals surface area (Å²) in [4.78, 5) is 0. The Hall–Kier alpha value is 0.436. The summed E-state index contributed by atoms with van der Waals surface area (Å²) in [6.45, 7) is 2.43. The summed E-state index contributed by atoms with van der Waals surface area (Å²) < 4.78 is 1.14. The Labute approximate surface area is 143 Å². The van der Waals surface area contributed by atoms with Gasteiger partial charge in [0.2, 0.25) is 0 Å². The van der Waals surface area contributed by atoms with Gasteiger partial charge in [0.05, 0.1) is 8.07 Å². The van der Waals surface area contributed by atoms with E-state index in [1.165, 1.54) is 16.3 Å². The first kappa shape index (κ1) is 16.8. The van der Waals surface area contributed by atoms with Crippen LogP contribution in [0.25, 0.3) is 0 Å². The van der Waals surface area contributed by atoms with Gasteiger partial charge in [-0.3, -0.25) is 0 Å². The Balaban J connectivity index is 0.00000147. The van der Waals surface area contributed by atoms with Crippen LogP contribution < -0.4 is 5.19 Å². The van der Waals surface area contributed by atoms with Crippen molar-refractivity contribution in [1.29, 1.82) is 0 Å². The van der Waals surface area contributed by atoms with Crippen molar-refractivity contribution >= 4 is 29.2 Å². The monoisotopic (exact) mass is 382 g/mol. The van der Waals surface area contributed by atoms with Crippen molar-refractivity contribution in [1.82, 2.24) is 0 Å². The molecule has 0 heterocycles. The molecule has 0 atom stereocenters. The SMILES string of the molecule is C[Si]([C]1[CH][CH][CH][CH]1)([C]1[CH][CH][CH][CH]1)c1ccc(Br)cc1.[Fe+2]. The molecule has 20 heavy (non-hydrogen) atoms. The molecule has 0 unspecified atom stereocenters. The fourth-order valence-corrected chi connectivity index (χ4v) is 6.51. The Kier molecular flexibility index (Phi) is 5.99. The van der Waals surface area contributed by atoms with Gasteiger partial charge < -0.3 is 0 Å². The standard InChI is InChI=1S/C17H15BrSi.Fe/c1-19(15-6-2-3-7-15,16-8-4-5-9-16)17-12-10-14(18)11-13-17;/h2-13H,1H3;/q;+2. The maximum absolute atomic E-state index is 3.53. The van der Waals surface area contributed by atoms with Gasteiger partial charge in [-0.1, -0.05) is 39.8 Å². The van der Waals surface area contributed by atoms with E-state index in [0.29, 0.717) is 0 Å². The molecule has 0 N–H and O–H groups in total. The third-order valence-electron chi connectivity index (χ3n) is 3.90. The van der Waals surface area contributed by atoms with Gasteiger partial charge in [0.1, 0.15) is 0 Å².